The molecule has 18 heavy (non-hydrogen) atoms. The Morgan fingerprint density at radius 3 is 2.56 bits per heavy atom. The van der Waals surface area contributed by atoms with Gasteiger partial charge in [-0.1, -0.05) is 30.3 Å². The van der Waals surface area contributed by atoms with Gasteiger partial charge in [-0.05, 0) is 18.2 Å². The monoisotopic (exact) mass is 255 g/mol. The van der Waals surface area contributed by atoms with Gasteiger partial charge in [0.15, 0.2) is 0 Å². The summed E-state index contributed by atoms with van der Waals surface area (Å²) in [4.78, 5) is 1.14. The van der Waals surface area contributed by atoms with E-state index in [-0.39, 0.29) is 0 Å². The summed E-state index contributed by atoms with van der Waals surface area (Å²) in [5.74, 6) is 0. The van der Waals surface area contributed by atoms with Crippen LogP contribution in [0.5, 0.6) is 0 Å². The molecule has 1 aromatic carbocycles. The Morgan fingerprint density at radius 2 is 1.89 bits per heavy atom. The van der Waals surface area contributed by atoms with Crippen LogP contribution in [0.4, 0.5) is 5.00 Å². The van der Waals surface area contributed by atoms with Crippen molar-refractivity contribution in [3.05, 3.63) is 48.5 Å². The highest BCUT2D eigenvalue weighted by molar-refractivity contribution is 7.19. The van der Waals surface area contributed by atoms with Crippen LogP contribution in [0, 0.1) is 0 Å². The smallest absolute Gasteiger partial charge is 0.0929 e. The van der Waals surface area contributed by atoms with Crippen LogP contribution in [0.25, 0.3) is 21.8 Å². The average Bonchev–Trinajstić information content (AvgIpc) is 2.97. The third kappa shape index (κ3) is 1.91. The molecule has 4 heteroatoms. The highest BCUT2D eigenvalue weighted by atomic mass is 32.1. The van der Waals surface area contributed by atoms with Crippen LogP contribution in [-0.4, -0.2) is 9.78 Å². The summed E-state index contributed by atoms with van der Waals surface area (Å²) < 4.78 is 1.90. The highest BCUT2D eigenvalue weighted by Gasteiger charge is 2.10. The van der Waals surface area contributed by atoms with Crippen molar-refractivity contribution >= 4 is 16.3 Å². The zero-order valence-electron chi connectivity index (χ0n) is 10.00. The first-order chi connectivity index (χ1) is 8.74. The number of hydrogen-bond acceptors (Lipinski definition) is 3. The molecule has 0 aliphatic heterocycles. The van der Waals surface area contributed by atoms with E-state index >= 15 is 0 Å². The molecule has 0 radical (unpaired) electrons. The van der Waals surface area contributed by atoms with Gasteiger partial charge >= 0.3 is 0 Å². The van der Waals surface area contributed by atoms with Crippen LogP contribution in [0.3, 0.4) is 0 Å². The SMILES string of the molecule is Cn1nc(-c2ccccc2)cc1-c1ccc(N)s1. The zero-order valence-corrected chi connectivity index (χ0v) is 10.8. The summed E-state index contributed by atoms with van der Waals surface area (Å²) in [6.45, 7) is 0. The van der Waals surface area contributed by atoms with Gasteiger partial charge in [0.2, 0.25) is 0 Å². The second-order valence-electron chi connectivity index (χ2n) is 4.11. The molecule has 0 bridgehead atoms. The third-order valence-corrected chi connectivity index (χ3v) is 3.77. The molecule has 2 heterocycles. The molecule has 0 atom stereocenters. The van der Waals surface area contributed by atoms with Gasteiger partial charge in [0.25, 0.3) is 0 Å². The van der Waals surface area contributed by atoms with Crippen LogP contribution in [0.2, 0.25) is 0 Å². The van der Waals surface area contributed by atoms with Crippen molar-refractivity contribution < 1.29 is 0 Å². The molecule has 0 aliphatic rings. The predicted molar refractivity (Wildman–Crippen MR) is 76.4 cm³/mol. The van der Waals surface area contributed by atoms with Gasteiger partial charge in [0.1, 0.15) is 0 Å². The van der Waals surface area contributed by atoms with Crippen molar-refractivity contribution in [2.45, 2.75) is 0 Å². The molecule has 0 saturated heterocycles. The molecule has 0 spiro atoms. The maximum atomic E-state index is 5.77. The first-order valence-corrected chi connectivity index (χ1v) is 6.51. The zero-order chi connectivity index (χ0) is 12.5. The number of aryl methyl sites for hydroxylation is 1. The fraction of sp³-hybridized carbons (Fsp3) is 0.0714. The molecule has 0 aliphatic carbocycles. The Kier molecular flexibility index (Phi) is 2.64. The van der Waals surface area contributed by atoms with Crippen molar-refractivity contribution in [3.63, 3.8) is 0 Å². The van der Waals surface area contributed by atoms with Crippen LogP contribution in [-0.2, 0) is 7.05 Å². The van der Waals surface area contributed by atoms with Gasteiger partial charge in [0, 0.05) is 12.6 Å². The summed E-state index contributed by atoms with van der Waals surface area (Å²) in [6.07, 6.45) is 0. The maximum Gasteiger partial charge on any atom is 0.0929 e. The predicted octanol–water partition coefficient (Wildman–Crippen LogP) is 3.40. The summed E-state index contributed by atoms with van der Waals surface area (Å²) in [6, 6.07) is 16.2. The molecule has 0 saturated carbocycles. The topological polar surface area (TPSA) is 43.8 Å². The fourth-order valence-corrected chi connectivity index (χ4v) is 2.76. The summed E-state index contributed by atoms with van der Waals surface area (Å²) >= 11 is 1.58. The number of nitrogens with zero attached hydrogens (tertiary/aromatic N) is 2. The van der Waals surface area contributed by atoms with E-state index in [1.54, 1.807) is 11.3 Å². The first-order valence-electron chi connectivity index (χ1n) is 5.69. The molecule has 2 aromatic heterocycles. The van der Waals surface area contributed by atoms with Crippen molar-refractivity contribution in [2.75, 3.05) is 5.73 Å². The Morgan fingerprint density at radius 1 is 1.11 bits per heavy atom. The molecular formula is C14H13N3S. The second kappa shape index (κ2) is 4.31. The van der Waals surface area contributed by atoms with Crippen molar-refractivity contribution in [3.8, 4) is 21.8 Å². The van der Waals surface area contributed by atoms with Crippen molar-refractivity contribution in [2.24, 2.45) is 7.05 Å². The van der Waals surface area contributed by atoms with Crippen molar-refractivity contribution in [1.29, 1.82) is 0 Å². The molecular weight excluding hydrogens is 242 g/mol. The minimum absolute atomic E-state index is 0.826. The van der Waals surface area contributed by atoms with E-state index < -0.39 is 0 Å². The molecule has 0 amide bonds. The average molecular weight is 255 g/mol. The van der Waals surface area contributed by atoms with E-state index in [2.05, 4.69) is 23.3 Å². The molecule has 0 unspecified atom stereocenters. The third-order valence-electron chi connectivity index (χ3n) is 2.83. The molecule has 90 valence electrons. The number of anilines is 1. The summed E-state index contributed by atoms with van der Waals surface area (Å²) in [5.41, 5.74) is 8.98. The van der Waals surface area contributed by atoms with Crippen LogP contribution in [0.1, 0.15) is 0 Å². The second-order valence-corrected chi connectivity index (χ2v) is 5.22. The Labute approximate surface area is 109 Å². The van der Waals surface area contributed by atoms with Gasteiger partial charge in [0.05, 0.1) is 21.3 Å². The van der Waals surface area contributed by atoms with Gasteiger partial charge in [-0.2, -0.15) is 5.10 Å². The molecule has 3 aromatic rings. The van der Waals surface area contributed by atoms with E-state index in [1.807, 2.05) is 42.1 Å². The number of benzene rings is 1. The molecule has 0 fully saturated rings. The van der Waals surface area contributed by atoms with Crippen LogP contribution < -0.4 is 5.73 Å². The fourth-order valence-electron chi connectivity index (χ4n) is 1.94. The van der Waals surface area contributed by atoms with Gasteiger partial charge in [-0.3, -0.25) is 4.68 Å². The Hall–Kier alpha value is -2.07. The lowest BCUT2D eigenvalue weighted by Gasteiger charge is -1.95. The molecule has 2 N–H and O–H groups in total. The Bertz CT molecular complexity index is 667. The molecule has 3 nitrogen and oxygen atoms in total. The normalized spacial score (nSPS) is 10.7. The lowest BCUT2D eigenvalue weighted by Crippen LogP contribution is -1.92. The van der Waals surface area contributed by atoms with E-state index in [4.69, 9.17) is 5.73 Å². The number of thiophene rings is 1. The summed E-state index contributed by atoms with van der Waals surface area (Å²) in [5, 5.41) is 5.38. The lowest BCUT2D eigenvalue weighted by molar-refractivity contribution is 0.780. The number of nitrogen functional groups attached to an aromatic ring is 1. The Balaban J connectivity index is 2.06. The molecule has 3 rings (SSSR count). The number of rotatable bonds is 2. The first kappa shape index (κ1) is 11.0. The number of aromatic nitrogens is 2. The minimum Gasteiger partial charge on any atom is -0.391 e. The van der Waals surface area contributed by atoms with Crippen LogP contribution in [0.15, 0.2) is 48.5 Å². The number of hydrogen-bond donors (Lipinski definition) is 1. The largest absolute Gasteiger partial charge is 0.391 e. The minimum atomic E-state index is 0.826. The van der Waals surface area contributed by atoms with Crippen LogP contribution >= 0.6 is 11.3 Å². The lowest BCUT2D eigenvalue weighted by atomic mass is 10.1. The van der Waals surface area contributed by atoms with E-state index in [0.29, 0.717) is 0 Å². The quantitative estimate of drug-likeness (QED) is 0.762. The van der Waals surface area contributed by atoms with Crippen molar-refractivity contribution in [1.82, 2.24) is 9.78 Å². The summed E-state index contributed by atoms with van der Waals surface area (Å²) in [7, 11) is 1.96. The standard InChI is InChI=1S/C14H13N3S/c1-17-12(13-7-8-14(15)18-13)9-11(16-17)10-5-3-2-4-6-10/h2-9H,15H2,1H3. The van der Waals surface area contributed by atoms with Gasteiger partial charge in [-0.25, -0.2) is 0 Å². The van der Waals surface area contributed by atoms with Gasteiger partial charge < -0.3 is 5.73 Å². The number of nitrogens with two attached hydrogens (primary N) is 1. The van der Waals surface area contributed by atoms with E-state index in [1.165, 1.54) is 0 Å². The van der Waals surface area contributed by atoms with E-state index in [0.717, 1.165) is 26.8 Å². The van der Waals surface area contributed by atoms with E-state index in [9.17, 15) is 0 Å². The highest BCUT2D eigenvalue weighted by Crippen LogP contribution is 2.31. The van der Waals surface area contributed by atoms with Gasteiger partial charge in [-0.15, -0.1) is 11.3 Å². The maximum absolute atomic E-state index is 5.77.